The Bertz CT molecular complexity index is 1090. The number of halogens is 3. The lowest BCUT2D eigenvalue weighted by Gasteiger charge is -2.25. The molecule has 0 saturated carbocycles. The van der Waals surface area contributed by atoms with Gasteiger partial charge in [0.25, 0.3) is 5.91 Å². The molecule has 1 aromatic heterocycles. The zero-order valence-corrected chi connectivity index (χ0v) is 15.9. The molecule has 0 radical (unpaired) electrons. The first-order valence-electron chi connectivity index (χ1n) is 9.52. The second kappa shape index (κ2) is 7.81. The number of amides is 2. The maximum Gasteiger partial charge on any atom is 0.416 e. The van der Waals surface area contributed by atoms with Crippen molar-refractivity contribution < 1.29 is 22.8 Å². The number of hydrogen-bond donors (Lipinski definition) is 2. The molecule has 0 unspecified atom stereocenters. The minimum absolute atomic E-state index is 0.0774. The van der Waals surface area contributed by atoms with E-state index in [1.165, 1.54) is 12.1 Å². The van der Waals surface area contributed by atoms with Gasteiger partial charge in [0.2, 0.25) is 5.91 Å². The molecule has 1 aliphatic heterocycles. The van der Waals surface area contributed by atoms with Gasteiger partial charge in [0.1, 0.15) is 0 Å². The second-order valence-electron chi connectivity index (χ2n) is 7.21. The van der Waals surface area contributed by atoms with Crippen LogP contribution in [0, 0.1) is 0 Å². The Morgan fingerprint density at radius 2 is 2.00 bits per heavy atom. The van der Waals surface area contributed by atoms with Gasteiger partial charge < -0.3 is 10.2 Å². The highest BCUT2D eigenvalue weighted by Gasteiger charge is 2.32. The van der Waals surface area contributed by atoms with Crippen LogP contribution in [0.15, 0.2) is 48.5 Å². The highest BCUT2D eigenvalue weighted by atomic mass is 19.4. The van der Waals surface area contributed by atoms with Crippen LogP contribution in [0.3, 0.4) is 0 Å². The zero-order valence-electron chi connectivity index (χ0n) is 15.9. The molecule has 9 heteroatoms. The van der Waals surface area contributed by atoms with E-state index < -0.39 is 23.7 Å². The summed E-state index contributed by atoms with van der Waals surface area (Å²) < 4.78 is 39.6. The van der Waals surface area contributed by atoms with Gasteiger partial charge in [0, 0.05) is 24.9 Å². The molecule has 6 nitrogen and oxygen atoms in total. The Morgan fingerprint density at radius 1 is 1.20 bits per heavy atom. The van der Waals surface area contributed by atoms with Gasteiger partial charge in [0.05, 0.1) is 17.1 Å². The molecule has 2 amide bonds. The van der Waals surface area contributed by atoms with Crippen molar-refractivity contribution in [2.75, 3.05) is 13.1 Å². The number of rotatable bonds is 5. The van der Waals surface area contributed by atoms with Gasteiger partial charge in [0.15, 0.2) is 5.69 Å². The number of nitrogens with one attached hydrogen (secondary N) is 2. The normalized spacial score (nSPS) is 15.6. The molecule has 3 aromatic rings. The molecular formula is C21H19F3N4O2. The van der Waals surface area contributed by atoms with Crippen LogP contribution in [0.2, 0.25) is 0 Å². The van der Waals surface area contributed by atoms with E-state index in [9.17, 15) is 22.8 Å². The third-order valence-corrected chi connectivity index (χ3v) is 5.18. The van der Waals surface area contributed by atoms with Crippen molar-refractivity contribution in [2.45, 2.75) is 25.1 Å². The SMILES string of the molecule is O=C(N[C@@H](CN1CCCC1=O)c1cccc(C(F)(F)F)c1)c1n[nH]c2ccccc12. The molecule has 0 aliphatic carbocycles. The summed E-state index contributed by atoms with van der Waals surface area (Å²) in [4.78, 5) is 26.6. The van der Waals surface area contributed by atoms with Gasteiger partial charge in [-0.2, -0.15) is 18.3 Å². The third kappa shape index (κ3) is 4.00. The molecule has 4 rings (SSSR count). The van der Waals surface area contributed by atoms with Gasteiger partial charge in [-0.15, -0.1) is 0 Å². The van der Waals surface area contributed by atoms with Crippen molar-refractivity contribution in [3.05, 3.63) is 65.4 Å². The molecule has 2 N–H and O–H groups in total. The van der Waals surface area contributed by atoms with Crippen LogP contribution in [0.1, 0.15) is 40.5 Å². The van der Waals surface area contributed by atoms with E-state index >= 15 is 0 Å². The largest absolute Gasteiger partial charge is 0.416 e. The predicted molar refractivity (Wildman–Crippen MR) is 104 cm³/mol. The number of benzene rings is 2. The third-order valence-electron chi connectivity index (χ3n) is 5.18. The minimum atomic E-state index is -4.51. The number of alkyl halides is 3. The van der Waals surface area contributed by atoms with Crippen LogP contribution in [-0.2, 0) is 11.0 Å². The van der Waals surface area contributed by atoms with Crippen molar-refractivity contribution in [3.63, 3.8) is 0 Å². The highest BCUT2D eigenvalue weighted by molar-refractivity contribution is 6.04. The lowest BCUT2D eigenvalue weighted by Crippen LogP contribution is -2.39. The van der Waals surface area contributed by atoms with Crippen LogP contribution in [0.4, 0.5) is 13.2 Å². The maximum absolute atomic E-state index is 13.2. The number of aromatic nitrogens is 2. The van der Waals surface area contributed by atoms with E-state index in [0.29, 0.717) is 30.3 Å². The van der Waals surface area contributed by atoms with Crippen LogP contribution in [0.5, 0.6) is 0 Å². The number of aromatic amines is 1. The topological polar surface area (TPSA) is 78.1 Å². The summed E-state index contributed by atoms with van der Waals surface area (Å²) in [6, 6.07) is 11.1. The molecule has 0 bridgehead atoms. The number of nitrogens with zero attached hydrogens (tertiary/aromatic N) is 2. The Labute approximate surface area is 170 Å². The number of carbonyl (C=O) groups is 2. The van der Waals surface area contributed by atoms with Crippen molar-refractivity contribution in [3.8, 4) is 0 Å². The van der Waals surface area contributed by atoms with Gasteiger partial charge in [-0.1, -0.05) is 30.3 Å². The Balaban J connectivity index is 1.65. The zero-order chi connectivity index (χ0) is 21.3. The van der Waals surface area contributed by atoms with Crippen molar-refractivity contribution in [1.29, 1.82) is 0 Å². The van der Waals surface area contributed by atoms with E-state index in [1.807, 2.05) is 0 Å². The highest BCUT2D eigenvalue weighted by Crippen LogP contribution is 2.31. The van der Waals surface area contributed by atoms with Crippen LogP contribution < -0.4 is 5.32 Å². The van der Waals surface area contributed by atoms with Gasteiger partial charge in [-0.25, -0.2) is 0 Å². The van der Waals surface area contributed by atoms with E-state index in [1.54, 1.807) is 29.2 Å². The van der Waals surface area contributed by atoms with Crippen molar-refractivity contribution in [2.24, 2.45) is 0 Å². The lowest BCUT2D eigenvalue weighted by atomic mass is 10.0. The molecule has 2 aromatic carbocycles. The van der Waals surface area contributed by atoms with Crippen molar-refractivity contribution >= 4 is 22.7 Å². The van der Waals surface area contributed by atoms with Crippen LogP contribution in [0.25, 0.3) is 10.9 Å². The number of fused-ring (bicyclic) bond motifs is 1. The predicted octanol–water partition coefficient (Wildman–Crippen LogP) is 3.68. The second-order valence-corrected chi connectivity index (χ2v) is 7.21. The molecule has 1 saturated heterocycles. The minimum Gasteiger partial charge on any atom is -0.342 e. The van der Waals surface area contributed by atoms with Crippen LogP contribution in [-0.4, -0.2) is 40.0 Å². The first kappa shape index (κ1) is 19.9. The van der Waals surface area contributed by atoms with Gasteiger partial charge in [-0.05, 0) is 30.2 Å². The average molecular weight is 416 g/mol. The van der Waals surface area contributed by atoms with E-state index in [0.717, 1.165) is 12.1 Å². The van der Waals surface area contributed by atoms with Crippen molar-refractivity contribution in [1.82, 2.24) is 20.4 Å². The maximum atomic E-state index is 13.2. The lowest BCUT2D eigenvalue weighted by molar-refractivity contribution is -0.137. The van der Waals surface area contributed by atoms with Crippen LogP contribution >= 0.6 is 0 Å². The number of likely N-dealkylation sites (tertiary alicyclic amines) is 1. The summed E-state index contributed by atoms with van der Waals surface area (Å²) in [6.07, 6.45) is -3.42. The molecule has 0 spiro atoms. The Kier molecular flexibility index (Phi) is 5.19. The molecule has 156 valence electrons. The summed E-state index contributed by atoms with van der Waals surface area (Å²) in [5.41, 5.74) is 0.290. The van der Waals surface area contributed by atoms with E-state index in [-0.39, 0.29) is 23.7 Å². The summed E-state index contributed by atoms with van der Waals surface area (Å²) >= 11 is 0. The Morgan fingerprint density at radius 3 is 2.73 bits per heavy atom. The summed E-state index contributed by atoms with van der Waals surface area (Å²) in [5, 5.41) is 10.2. The molecule has 30 heavy (non-hydrogen) atoms. The number of H-pyrrole nitrogens is 1. The number of carbonyl (C=O) groups excluding carboxylic acids is 2. The monoisotopic (exact) mass is 416 g/mol. The van der Waals surface area contributed by atoms with E-state index in [4.69, 9.17) is 0 Å². The standard InChI is InChI=1S/C21H19F3N4O2/c22-21(23,24)14-6-3-5-13(11-14)17(12-28-10-4-9-18(28)29)25-20(30)19-15-7-1-2-8-16(15)26-27-19/h1-3,5-8,11,17H,4,9-10,12H2,(H,25,30)(H,26,27)/t17-/m0/s1. The van der Waals surface area contributed by atoms with E-state index in [2.05, 4.69) is 15.5 Å². The summed E-state index contributed by atoms with van der Waals surface area (Å²) in [6.45, 7) is 0.601. The fourth-order valence-corrected chi connectivity index (χ4v) is 3.65. The molecule has 1 fully saturated rings. The number of hydrogen-bond acceptors (Lipinski definition) is 3. The fourth-order valence-electron chi connectivity index (χ4n) is 3.65. The fraction of sp³-hybridized carbons (Fsp3) is 0.286. The molecular weight excluding hydrogens is 397 g/mol. The quantitative estimate of drug-likeness (QED) is 0.666. The summed E-state index contributed by atoms with van der Waals surface area (Å²) in [7, 11) is 0. The smallest absolute Gasteiger partial charge is 0.342 e. The average Bonchev–Trinajstić information content (AvgIpc) is 3.33. The molecule has 1 atom stereocenters. The number of para-hydroxylation sites is 1. The first-order valence-corrected chi connectivity index (χ1v) is 9.52. The molecule has 2 heterocycles. The van der Waals surface area contributed by atoms with Gasteiger partial charge in [-0.3, -0.25) is 14.7 Å². The van der Waals surface area contributed by atoms with Gasteiger partial charge >= 0.3 is 6.18 Å². The summed E-state index contributed by atoms with van der Waals surface area (Å²) in [5.74, 6) is -0.604. The first-order chi connectivity index (χ1) is 14.3. The molecule has 1 aliphatic rings. The Hall–Kier alpha value is -3.36.